The Bertz CT molecular complexity index is 1060. The molecule has 2 unspecified atom stereocenters. The zero-order valence-electron chi connectivity index (χ0n) is 19.7. The molecule has 2 aromatic rings. The number of alkyl halides is 4. The van der Waals surface area contributed by atoms with Crippen LogP contribution in [0.3, 0.4) is 0 Å². The Morgan fingerprint density at radius 3 is 2.33 bits per heavy atom. The summed E-state index contributed by atoms with van der Waals surface area (Å²) < 4.78 is 83.6. The van der Waals surface area contributed by atoms with Crippen molar-refractivity contribution in [2.75, 3.05) is 38.2 Å². The Kier molecular flexibility index (Phi) is 7.89. The number of anilines is 1. The van der Waals surface area contributed by atoms with Gasteiger partial charge in [0.1, 0.15) is 11.6 Å². The summed E-state index contributed by atoms with van der Waals surface area (Å²) >= 11 is 0. The number of fused-ring (bicyclic) bond motifs is 1. The van der Waals surface area contributed by atoms with Crippen LogP contribution in [0, 0.1) is 11.6 Å². The summed E-state index contributed by atoms with van der Waals surface area (Å²) in [5.74, 6) is -1.95. The van der Waals surface area contributed by atoms with Gasteiger partial charge in [-0.15, -0.1) is 0 Å². The highest BCUT2D eigenvalue weighted by Gasteiger charge is 2.42. The molecule has 0 bridgehead atoms. The molecule has 0 spiro atoms. The molecule has 2 aromatic carbocycles. The molecular weight excluding hydrogens is 487 g/mol. The van der Waals surface area contributed by atoms with Gasteiger partial charge in [-0.05, 0) is 48.5 Å². The first-order valence-electron chi connectivity index (χ1n) is 11.8. The fourth-order valence-electron chi connectivity index (χ4n) is 5.17. The Hall–Kier alpha value is -2.28. The molecule has 0 radical (unpaired) electrons. The number of rotatable bonds is 8. The maximum Gasteiger partial charge on any atom is 0.488 e. The van der Waals surface area contributed by atoms with Crippen LogP contribution in [0.4, 0.5) is 32.0 Å². The van der Waals surface area contributed by atoms with Crippen molar-refractivity contribution in [2.45, 2.75) is 44.1 Å². The molecule has 0 saturated carbocycles. The summed E-state index contributed by atoms with van der Waals surface area (Å²) in [5.41, 5.74) is 0.607. The summed E-state index contributed by atoms with van der Waals surface area (Å²) in [6, 6.07) is 4.19. The Morgan fingerprint density at radius 2 is 1.75 bits per heavy atom. The molecule has 196 valence electrons. The number of hydrogen-bond donors (Lipinski definition) is 3. The molecule has 2 atom stereocenters. The van der Waals surface area contributed by atoms with Crippen LogP contribution in [0.2, 0.25) is 0 Å². The lowest BCUT2D eigenvalue weighted by atomic mass is 9.75. The van der Waals surface area contributed by atoms with Gasteiger partial charge in [0, 0.05) is 36.9 Å². The van der Waals surface area contributed by atoms with Gasteiger partial charge in [0.25, 0.3) is 0 Å². The SMILES string of the molecule is CC1Cc2cc(B(O)O)ccc2C(c2c(F)cc(NC3CN(CCCF)C3)cc2F)N1CC(F)(F)F. The lowest BCUT2D eigenvalue weighted by Crippen LogP contribution is -2.54. The third-order valence-electron chi connectivity index (χ3n) is 6.82. The summed E-state index contributed by atoms with van der Waals surface area (Å²) in [5, 5.41) is 22.0. The van der Waals surface area contributed by atoms with Crippen molar-refractivity contribution in [1.82, 2.24) is 9.80 Å². The highest BCUT2D eigenvalue weighted by atomic mass is 19.4. The van der Waals surface area contributed by atoms with Crippen LogP contribution in [0.25, 0.3) is 0 Å². The van der Waals surface area contributed by atoms with Crippen molar-refractivity contribution < 1.29 is 36.4 Å². The van der Waals surface area contributed by atoms with E-state index < -0.39 is 55.8 Å². The lowest BCUT2D eigenvalue weighted by molar-refractivity contribution is -0.155. The van der Waals surface area contributed by atoms with Crippen LogP contribution in [0.5, 0.6) is 0 Å². The second-order valence-electron chi connectivity index (χ2n) is 9.57. The lowest BCUT2D eigenvalue weighted by Gasteiger charge is -2.43. The third-order valence-corrected chi connectivity index (χ3v) is 6.82. The van der Waals surface area contributed by atoms with E-state index in [2.05, 4.69) is 5.32 Å². The number of benzene rings is 2. The monoisotopic (exact) mass is 515 g/mol. The van der Waals surface area contributed by atoms with Gasteiger partial charge < -0.3 is 15.4 Å². The van der Waals surface area contributed by atoms with Crippen molar-refractivity contribution in [2.24, 2.45) is 0 Å². The number of nitrogens with zero attached hydrogens (tertiary/aromatic N) is 2. The molecule has 0 aliphatic carbocycles. The minimum Gasteiger partial charge on any atom is -0.423 e. The molecule has 3 N–H and O–H groups in total. The molecule has 5 nitrogen and oxygen atoms in total. The van der Waals surface area contributed by atoms with Crippen LogP contribution in [-0.4, -0.2) is 78.1 Å². The fraction of sp³-hybridized carbons (Fsp3) is 0.500. The highest BCUT2D eigenvalue weighted by Crippen LogP contribution is 2.42. The van der Waals surface area contributed by atoms with Gasteiger partial charge in [-0.25, -0.2) is 8.78 Å². The van der Waals surface area contributed by atoms with E-state index >= 15 is 8.78 Å². The van der Waals surface area contributed by atoms with Crippen LogP contribution in [0.15, 0.2) is 30.3 Å². The highest BCUT2D eigenvalue weighted by molar-refractivity contribution is 6.58. The van der Waals surface area contributed by atoms with Crippen LogP contribution in [0.1, 0.15) is 36.1 Å². The Balaban J connectivity index is 1.66. The molecule has 0 aromatic heterocycles. The molecule has 0 amide bonds. The van der Waals surface area contributed by atoms with Crippen molar-refractivity contribution in [3.8, 4) is 0 Å². The standard InChI is InChI=1S/C24H28BF6N3O2/c1-14-7-15-8-16(25(35)36)3-4-19(15)23(34(14)13-24(29,30)31)22-20(27)9-17(10-21(22)28)32-18-11-33(12-18)6-2-5-26/h3-4,8-10,14,18,23,32,35-36H,2,5-7,11-13H2,1H3. The third kappa shape index (κ3) is 5.82. The van der Waals surface area contributed by atoms with E-state index in [-0.39, 0.29) is 29.2 Å². The zero-order valence-corrected chi connectivity index (χ0v) is 19.7. The largest absolute Gasteiger partial charge is 0.488 e. The predicted molar refractivity (Wildman–Crippen MR) is 125 cm³/mol. The minimum atomic E-state index is -4.60. The molecule has 2 aliphatic heterocycles. The normalized spacial score (nSPS) is 21.2. The van der Waals surface area contributed by atoms with Gasteiger partial charge in [0.2, 0.25) is 0 Å². The van der Waals surface area contributed by atoms with E-state index in [1.165, 1.54) is 18.2 Å². The van der Waals surface area contributed by atoms with Crippen LogP contribution < -0.4 is 10.8 Å². The number of hydrogen-bond acceptors (Lipinski definition) is 5. The summed E-state index contributed by atoms with van der Waals surface area (Å²) in [4.78, 5) is 3.03. The van der Waals surface area contributed by atoms with Crippen LogP contribution >= 0.6 is 0 Å². The second kappa shape index (κ2) is 10.6. The molecule has 2 heterocycles. The van der Waals surface area contributed by atoms with Crippen molar-refractivity contribution >= 4 is 18.3 Å². The van der Waals surface area contributed by atoms with Gasteiger partial charge in [-0.3, -0.25) is 14.2 Å². The zero-order chi connectivity index (χ0) is 26.2. The quantitative estimate of drug-likeness (QED) is 0.373. The van der Waals surface area contributed by atoms with E-state index in [0.29, 0.717) is 31.6 Å². The topological polar surface area (TPSA) is 59.0 Å². The fourth-order valence-corrected chi connectivity index (χ4v) is 5.17. The predicted octanol–water partition coefficient (Wildman–Crippen LogP) is 3.00. The number of halogens is 6. The molecule has 2 aliphatic rings. The summed E-state index contributed by atoms with van der Waals surface area (Å²) in [6.07, 6.45) is -4.04. The van der Waals surface area contributed by atoms with Gasteiger partial charge in [0.05, 0.1) is 25.3 Å². The Labute approximate surface area is 205 Å². The van der Waals surface area contributed by atoms with E-state index in [0.717, 1.165) is 17.0 Å². The molecule has 1 fully saturated rings. The second-order valence-corrected chi connectivity index (χ2v) is 9.57. The minimum absolute atomic E-state index is 0.0743. The van der Waals surface area contributed by atoms with Gasteiger partial charge in [-0.2, -0.15) is 13.2 Å². The van der Waals surface area contributed by atoms with Crippen molar-refractivity contribution in [3.63, 3.8) is 0 Å². The van der Waals surface area contributed by atoms with Gasteiger partial charge in [-0.1, -0.05) is 18.2 Å². The van der Waals surface area contributed by atoms with E-state index in [1.54, 1.807) is 6.92 Å². The first-order valence-corrected chi connectivity index (χ1v) is 11.8. The first-order chi connectivity index (χ1) is 17.0. The summed E-state index contributed by atoms with van der Waals surface area (Å²) in [6.45, 7) is 1.55. The molecule has 36 heavy (non-hydrogen) atoms. The first kappa shape index (κ1) is 26.8. The van der Waals surface area contributed by atoms with Gasteiger partial charge >= 0.3 is 13.3 Å². The average molecular weight is 515 g/mol. The van der Waals surface area contributed by atoms with E-state index in [1.807, 2.05) is 4.90 Å². The van der Waals surface area contributed by atoms with Crippen LogP contribution in [-0.2, 0) is 6.42 Å². The average Bonchev–Trinajstić information content (AvgIpc) is 2.75. The maximum atomic E-state index is 15.4. The van der Waals surface area contributed by atoms with E-state index in [9.17, 15) is 27.6 Å². The molecule has 12 heteroatoms. The smallest absolute Gasteiger partial charge is 0.423 e. The van der Waals surface area contributed by atoms with Crippen molar-refractivity contribution in [3.05, 3.63) is 58.7 Å². The number of nitrogens with one attached hydrogen (secondary N) is 1. The molecule has 1 saturated heterocycles. The molecule has 4 rings (SSSR count). The van der Waals surface area contributed by atoms with E-state index in [4.69, 9.17) is 0 Å². The Morgan fingerprint density at radius 1 is 1.08 bits per heavy atom. The van der Waals surface area contributed by atoms with Crippen molar-refractivity contribution in [1.29, 1.82) is 0 Å². The maximum absolute atomic E-state index is 15.4. The summed E-state index contributed by atoms with van der Waals surface area (Å²) in [7, 11) is -1.78. The number of likely N-dealkylation sites (tertiary alicyclic amines) is 1. The van der Waals surface area contributed by atoms with Gasteiger partial charge in [0.15, 0.2) is 0 Å². The molecular formula is C24H28BF6N3O2.